The maximum absolute atomic E-state index is 10.4. The Labute approximate surface area is 234 Å². The van der Waals surface area contributed by atoms with E-state index in [-0.39, 0.29) is 11.4 Å². The highest BCUT2D eigenvalue weighted by Crippen LogP contribution is 2.44. The minimum atomic E-state index is -0.652. The van der Waals surface area contributed by atoms with Gasteiger partial charge in [-0.25, -0.2) is 0 Å². The van der Waals surface area contributed by atoms with E-state index in [2.05, 4.69) is 0 Å². The van der Waals surface area contributed by atoms with Gasteiger partial charge >= 0.3 is 0 Å². The molecule has 1 saturated heterocycles. The van der Waals surface area contributed by atoms with Crippen LogP contribution in [0.4, 0.5) is 0 Å². The molecule has 0 bridgehead atoms. The standard InChI is InChI=1S/C32H36O6S/c1-22(33)30-23(2)37-32-31(39-30)29(36-20-26-16-10-5-11-17-26)28(35-19-25-14-8-4-9-15-25)27(38-32)21-34-18-24-12-6-3-7-13-24/h3-17,22,27-29,31-33H,18-21H2,1-2H3/t22?,27-,28-,29+,31-,32+/m1/s1. The van der Waals surface area contributed by atoms with Crippen molar-refractivity contribution in [2.24, 2.45) is 0 Å². The van der Waals surface area contributed by atoms with Gasteiger partial charge in [0.25, 0.3) is 0 Å². The second kappa shape index (κ2) is 13.6. The van der Waals surface area contributed by atoms with E-state index in [0.717, 1.165) is 21.6 Å². The van der Waals surface area contributed by atoms with Gasteiger partial charge in [-0.3, -0.25) is 0 Å². The summed E-state index contributed by atoms with van der Waals surface area (Å²) < 4.78 is 32.1. The molecule has 2 heterocycles. The van der Waals surface area contributed by atoms with Crippen molar-refractivity contribution < 1.29 is 28.8 Å². The van der Waals surface area contributed by atoms with E-state index >= 15 is 0 Å². The van der Waals surface area contributed by atoms with Gasteiger partial charge in [-0.05, 0) is 30.5 Å². The molecule has 1 fully saturated rings. The molecule has 5 rings (SSSR count). The molecule has 39 heavy (non-hydrogen) atoms. The SMILES string of the molecule is CC1=C(C(C)O)S[C@H]2[C@@H](O1)O[C@H](COCc1ccccc1)[C@@H](OCc1ccccc1)[C@@H]2OCc1ccccc1. The molecule has 0 aromatic heterocycles. The van der Waals surface area contributed by atoms with Crippen LogP contribution in [0.1, 0.15) is 30.5 Å². The molecule has 0 amide bonds. The van der Waals surface area contributed by atoms with Crippen molar-refractivity contribution in [1.82, 2.24) is 0 Å². The Kier molecular flexibility index (Phi) is 9.74. The van der Waals surface area contributed by atoms with E-state index in [0.29, 0.717) is 32.2 Å². The van der Waals surface area contributed by atoms with Gasteiger partial charge in [0, 0.05) is 0 Å². The molecule has 3 aromatic rings. The fraction of sp³-hybridized carbons (Fsp3) is 0.375. The van der Waals surface area contributed by atoms with Gasteiger partial charge < -0.3 is 28.8 Å². The maximum atomic E-state index is 10.4. The van der Waals surface area contributed by atoms with E-state index in [1.165, 1.54) is 0 Å². The molecule has 3 aromatic carbocycles. The van der Waals surface area contributed by atoms with Gasteiger partial charge in [-0.2, -0.15) is 0 Å². The number of allylic oxidation sites excluding steroid dienone is 1. The lowest BCUT2D eigenvalue weighted by molar-refractivity contribution is -0.266. The summed E-state index contributed by atoms with van der Waals surface area (Å²) >= 11 is 1.56. The number of aliphatic hydroxyl groups excluding tert-OH is 1. The van der Waals surface area contributed by atoms with Gasteiger partial charge in [0.05, 0.1) is 37.4 Å². The van der Waals surface area contributed by atoms with Crippen molar-refractivity contribution in [2.45, 2.75) is 69.6 Å². The number of hydrogen-bond donors (Lipinski definition) is 1. The lowest BCUT2D eigenvalue weighted by Crippen LogP contribution is -2.60. The summed E-state index contributed by atoms with van der Waals surface area (Å²) in [5.74, 6) is 0.672. The topological polar surface area (TPSA) is 66.4 Å². The van der Waals surface area contributed by atoms with Crippen LogP contribution in [0.3, 0.4) is 0 Å². The zero-order chi connectivity index (χ0) is 27.0. The summed E-state index contributed by atoms with van der Waals surface area (Å²) in [7, 11) is 0. The van der Waals surface area contributed by atoms with E-state index in [1.807, 2.05) is 97.9 Å². The minimum Gasteiger partial charge on any atom is -0.467 e. The van der Waals surface area contributed by atoms with Gasteiger partial charge in [-0.1, -0.05) is 91.0 Å². The van der Waals surface area contributed by atoms with Crippen LogP contribution in [0.15, 0.2) is 102 Å². The Bertz CT molecular complexity index is 1190. The van der Waals surface area contributed by atoms with Crippen molar-refractivity contribution in [3.05, 3.63) is 118 Å². The Morgan fingerprint density at radius 2 is 1.28 bits per heavy atom. The first kappa shape index (κ1) is 27.9. The Hall–Kier alpha value is -2.65. The molecular formula is C32H36O6S. The third-order valence-corrected chi connectivity index (χ3v) is 8.48. The van der Waals surface area contributed by atoms with Gasteiger partial charge in [0.15, 0.2) is 0 Å². The van der Waals surface area contributed by atoms with Crippen LogP contribution >= 0.6 is 11.8 Å². The predicted molar refractivity (Wildman–Crippen MR) is 152 cm³/mol. The first-order chi connectivity index (χ1) is 19.1. The molecule has 2 aliphatic rings. The third kappa shape index (κ3) is 7.31. The monoisotopic (exact) mass is 548 g/mol. The second-order valence-corrected chi connectivity index (χ2v) is 11.1. The highest BCUT2D eigenvalue weighted by molar-refractivity contribution is 8.03. The molecule has 6 atom stereocenters. The van der Waals surface area contributed by atoms with Crippen molar-refractivity contribution in [2.75, 3.05) is 6.61 Å². The average Bonchev–Trinajstić information content (AvgIpc) is 2.96. The highest BCUT2D eigenvalue weighted by atomic mass is 32.2. The summed E-state index contributed by atoms with van der Waals surface area (Å²) in [4.78, 5) is 0.786. The lowest BCUT2D eigenvalue weighted by Gasteiger charge is -2.48. The summed E-state index contributed by atoms with van der Waals surface area (Å²) in [6.45, 7) is 5.25. The summed E-state index contributed by atoms with van der Waals surface area (Å²) in [6, 6.07) is 30.3. The molecule has 0 radical (unpaired) electrons. The van der Waals surface area contributed by atoms with Crippen LogP contribution in [-0.4, -0.2) is 47.7 Å². The zero-order valence-electron chi connectivity index (χ0n) is 22.3. The van der Waals surface area contributed by atoms with Crippen molar-refractivity contribution in [1.29, 1.82) is 0 Å². The molecule has 0 spiro atoms. The zero-order valence-corrected chi connectivity index (χ0v) is 23.2. The number of thioether (sulfide) groups is 1. The number of hydrogen-bond acceptors (Lipinski definition) is 7. The predicted octanol–water partition coefficient (Wildman–Crippen LogP) is 5.84. The Morgan fingerprint density at radius 3 is 1.82 bits per heavy atom. The molecule has 6 nitrogen and oxygen atoms in total. The minimum absolute atomic E-state index is 0.229. The van der Waals surface area contributed by atoms with E-state index in [9.17, 15) is 5.11 Å². The smallest absolute Gasteiger partial charge is 0.214 e. The Balaban J connectivity index is 1.40. The maximum Gasteiger partial charge on any atom is 0.214 e. The Morgan fingerprint density at radius 1 is 0.769 bits per heavy atom. The van der Waals surface area contributed by atoms with E-state index in [1.54, 1.807) is 18.7 Å². The molecular weight excluding hydrogens is 512 g/mol. The highest BCUT2D eigenvalue weighted by Gasteiger charge is 2.51. The lowest BCUT2D eigenvalue weighted by atomic mass is 10.00. The molecule has 0 aliphatic carbocycles. The van der Waals surface area contributed by atoms with Gasteiger partial charge in [0.2, 0.25) is 6.29 Å². The summed E-state index contributed by atoms with van der Waals surface area (Å²) in [5, 5.41) is 10.2. The van der Waals surface area contributed by atoms with E-state index < -0.39 is 24.6 Å². The number of aliphatic hydroxyl groups is 1. The summed E-state index contributed by atoms with van der Waals surface area (Å²) in [6.07, 6.45) is -2.41. The molecule has 1 N–H and O–H groups in total. The average molecular weight is 549 g/mol. The summed E-state index contributed by atoms with van der Waals surface area (Å²) in [5.41, 5.74) is 3.23. The first-order valence-corrected chi connectivity index (χ1v) is 14.3. The van der Waals surface area contributed by atoms with Crippen molar-refractivity contribution in [3.8, 4) is 0 Å². The largest absolute Gasteiger partial charge is 0.467 e. The quantitative estimate of drug-likeness (QED) is 0.323. The third-order valence-electron chi connectivity index (χ3n) is 6.84. The molecule has 2 aliphatic heterocycles. The number of benzene rings is 3. The fourth-order valence-corrected chi connectivity index (χ4v) is 6.18. The van der Waals surface area contributed by atoms with Gasteiger partial charge in [0.1, 0.15) is 29.3 Å². The van der Waals surface area contributed by atoms with E-state index in [4.69, 9.17) is 23.7 Å². The van der Waals surface area contributed by atoms with Crippen molar-refractivity contribution >= 4 is 11.8 Å². The van der Waals surface area contributed by atoms with Crippen LogP contribution < -0.4 is 0 Å². The van der Waals surface area contributed by atoms with Crippen LogP contribution in [0.25, 0.3) is 0 Å². The van der Waals surface area contributed by atoms with Crippen molar-refractivity contribution in [3.63, 3.8) is 0 Å². The number of ether oxygens (including phenoxy) is 5. The van der Waals surface area contributed by atoms with Crippen LogP contribution in [0.5, 0.6) is 0 Å². The molecule has 1 unspecified atom stereocenters. The number of rotatable bonds is 11. The normalized spacial score (nSPS) is 25.6. The van der Waals surface area contributed by atoms with Crippen LogP contribution in [0.2, 0.25) is 0 Å². The molecule has 7 heteroatoms. The van der Waals surface area contributed by atoms with Gasteiger partial charge in [-0.15, -0.1) is 11.8 Å². The van der Waals surface area contributed by atoms with Crippen LogP contribution in [-0.2, 0) is 43.5 Å². The molecule has 0 saturated carbocycles. The second-order valence-electron chi connectivity index (χ2n) is 9.86. The van der Waals surface area contributed by atoms with Crippen LogP contribution in [0, 0.1) is 0 Å². The fourth-order valence-electron chi connectivity index (χ4n) is 4.88. The molecule has 206 valence electrons. The number of fused-ring (bicyclic) bond motifs is 1. The first-order valence-electron chi connectivity index (χ1n) is 13.4.